The third-order valence-corrected chi connectivity index (χ3v) is 4.04. The number of nitriles is 1. The zero-order chi connectivity index (χ0) is 14.0. The summed E-state index contributed by atoms with van der Waals surface area (Å²) in [5, 5.41) is 9.04. The number of hydrogen-bond donors (Lipinski definition) is 1. The van der Waals surface area contributed by atoms with Crippen molar-refractivity contribution < 1.29 is 8.42 Å². The van der Waals surface area contributed by atoms with E-state index < -0.39 is 21.5 Å². The predicted molar refractivity (Wildman–Crippen MR) is 70.4 cm³/mol. The maximum atomic E-state index is 12.1. The molecule has 0 saturated carbocycles. The van der Waals surface area contributed by atoms with Crippen LogP contribution in [0.1, 0.15) is 26.3 Å². The van der Waals surface area contributed by atoms with E-state index in [2.05, 4.69) is 4.72 Å². The fourth-order valence-electron chi connectivity index (χ4n) is 1.34. The highest BCUT2D eigenvalue weighted by Gasteiger charge is 2.29. The fraction of sp³-hybridized carbons (Fsp3) is 0.462. The quantitative estimate of drug-likeness (QED) is 0.911. The zero-order valence-corrected chi connectivity index (χ0v) is 11.9. The second kappa shape index (κ2) is 5.09. The summed E-state index contributed by atoms with van der Waals surface area (Å²) in [6, 6.07) is 7.76. The number of nitrogens with one attached hydrogen (secondary N) is 1. The average Bonchev–Trinajstić information content (AvgIpc) is 2.25. The lowest BCUT2D eigenvalue weighted by Gasteiger charge is -2.25. The average molecular weight is 266 g/mol. The van der Waals surface area contributed by atoms with E-state index in [-0.39, 0.29) is 4.90 Å². The molecule has 0 unspecified atom stereocenters. The lowest BCUT2D eigenvalue weighted by Crippen LogP contribution is -2.42. The van der Waals surface area contributed by atoms with Crippen molar-refractivity contribution in [2.45, 2.75) is 38.6 Å². The van der Waals surface area contributed by atoms with Crippen LogP contribution < -0.4 is 4.72 Å². The first-order valence-electron chi connectivity index (χ1n) is 5.65. The Morgan fingerprint density at radius 1 is 1.22 bits per heavy atom. The summed E-state index contributed by atoms with van der Waals surface area (Å²) in [5.74, 6) is 0. The molecule has 5 heteroatoms. The molecule has 18 heavy (non-hydrogen) atoms. The molecule has 0 aliphatic carbocycles. The van der Waals surface area contributed by atoms with Gasteiger partial charge in [-0.3, -0.25) is 0 Å². The van der Waals surface area contributed by atoms with E-state index in [4.69, 9.17) is 5.26 Å². The largest absolute Gasteiger partial charge is 0.241 e. The van der Waals surface area contributed by atoms with E-state index in [0.29, 0.717) is 0 Å². The fourth-order valence-corrected chi connectivity index (χ4v) is 2.68. The molecular weight excluding hydrogens is 248 g/mol. The maximum Gasteiger partial charge on any atom is 0.241 e. The van der Waals surface area contributed by atoms with Crippen LogP contribution in [-0.2, 0) is 10.0 Å². The van der Waals surface area contributed by atoms with Gasteiger partial charge < -0.3 is 0 Å². The highest BCUT2D eigenvalue weighted by molar-refractivity contribution is 7.89. The molecule has 0 aliphatic heterocycles. The summed E-state index contributed by atoms with van der Waals surface area (Å²) in [6.45, 7) is 7.34. The van der Waals surface area contributed by atoms with Gasteiger partial charge in [0.05, 0.1) is 11.0 Å². The van der Waals surface area contributed by atoms with Crippen molar-refractivity contribution in [1.82, 2.24) is 4.72 Å². The van der Waals surface area contributed by atoms with Crippen molar-refractivity contribution in [2.75, 3.05) is 0 Å². The van der Waals surface area contributed by atoms with Gasteiger partial charge in [0.25, 0.3) is 0 Å². The lowest BCUT2D eigenvalue weighted by molar-refractivity contribution is 0.350. The standard InChI is InChI=1S/C13H18N2O2S/c1-10-5-7-11(8-6-10)18(16,17)15-12(9-14)13(2,3)4/h5-8,12,15H,1-4H3/t12-/m1/s1. The maximum absolute atomic E-state index is 12.1. The van der Waals surface area contributed by atoms with Crippen LogP contribution in [0.15, 0.2) is 29.2 Å². The normalized spacial score (nSPS) is 13.9. The van der Waals surface area contributed by atoms with Crippen LogP contribution in [0.5, 0.6) is 0 Å². The van der Waals surface area contributed by atoms with Crippen LogP contribution in [0.2, 0.25) is 0 Å². The first kappa shape index (κ1) is 14.7. The van der Waals surface area contributed by atoms with Crippen LogP contribution in [0.3, 0.4) is 0 Å². The Morgan fingerprint density at radius 3 is 2.11 bits per heavy atom. The summed E-state index contributed by atoms with van der Waals surface area (Å²) in [7, 11) is -3.64. The highest BCUT2D eigenvalue weighted by Crippen LogP contribution is 2.21. The van der Waals surface area contributed by atoms with Crippen LogP contribution in [0.25, 0.3) is 0 Å². The number of benzene rings is 1. The Morgan fingerprint density at radius 2 is 1.72 bits per heavy atom. The molecule has 0 aliphatic rings. The molecule has 0 aromatic heterocycles. The van der Waals surface area contributed by atoms with Crippen LogP contribution in [-0.4, -0.2) is 14.5 Å². The summed E-state index contributed by atoms with van der Waals surface area (Å²) in [4.78, 5) is 0.178. The summed E-state index contributed by atoms with van der Waals surface area (Å²) in [6.07, 6.45) is 0. The second-order valence-electron chi connectivity index (χ2n) is 5.36. The molecule has 0 heterocycles. The van der Waals surface area contributed by atoms with E-state index in [9.17, 15) is 8.42 Å². The van der Waals surface area contributed by atoms with Gasteiger partial charge in [0.1, 0.15) is 6.04 Å². The van der Waals surface area contributed by atoms with Crippen molar-refractivity contribution in [2.24, 2.45) is 5.41 Å². The molecule has 98 valence electrons. The Kier molecular flexibility index (Phi) is 4.15. The Balaban J connectivity index is 3.03. The van der Waals surface area contributed by atoms with Gasteiger partial charge in [-0.05, 0) is 24.5 Å². The SMILES string of the molecule is Cc1ccc(S(=O)(=O)N[C@H](C#N)C(C)(C)C)cc1. The van der Waals surface area contributed by atoms with Crippen molar-refractivity contribution >= 4 is 10.0 Å². The first-order valence-corrected chi connectivity index (χ1v) is 7.14. The molecule has 0 amide bonds. The van der Waals surface area contributed by atoms with Gasteiger partial charge in [0.2, 0.25) is 10.0 Å². The van der Waals surface area contributed by atoms with Gasteiger partial charge in [-0.15, -0.1) is 0 Å². The molecule has 1 rings (SSSR count). The number of nitrogens with zero attached hydrogens (tertiary/aromatic N) is 1. The van der Waals surface area contributed by atoms with E-state index >= 15 is 0 Å². The minimum Gasteiger partial charge on any atom is -0.207 e. The van der Waals surface area contributed by atoms with Crippen molar-refractivity contribution in [1.29, 1.82) is 5.26 Å². The summed E-state index contributed by atoms with van der Waals surface area (Å²) in [5.41, 5.74) is 0.536. The minimum atomic E-state index is -3.64. The Hall–Kier alpha value is -1.38. The smallest absolute Gasteiger partial charge is 0.207 e. The first-order chi connectivity index (χ1) is 8.16. The lowest BCUT2D eigenvalue weighted by atomic mass is 9.88. The Bertz CT molecular complexity index is 548. The van der Waals surface area contributed by atoms with Gasteiger partial charge >= 0.3 is 0 Å². The topological polar surface area (TPSA) is 70.0 Å². The molecule has 0 saturated heterocycles. The van der Waals surface area contributed by atoms with Gasteiger partial charge in [-0.25, -0.2) is 8.42 Å². The van der Waals surface area contributed by atoms with E-state index in [0.717, 1.165) is 5.56 Å². The molecule has 0 spiro atoms. The summed E-state index contributed by atoms with van der Waals surface area (Å²) < 4.78 is 26.6. The monoisotopic (exact) mass is 266 g/mol. The van der Waals surface area contributed by atoms with Gasteiger partial charge in [-0.2, -0.15) is 9.98 Å². The van der Waals surface area contributed by atoms with Crippen LogP contribution in [0, 0.1) is 23.7 Å². The summed E-state index contributed by atoms with van der Waals surface area (Å²) >= 11 is 0. The molecule has 0 radical (unpaired) electrons. The third kappa shape index (κ3) is 3.56. The predicted octanol–water partition coefficient (Wildman–Crippen LogP) is 2.21. The zero-order valence-electron chi connectivity index (χ0n) is 11.1. The molecule has 0 bridgehead atoms. The second-order valence-corrected chi connectivity index (χ2v) is 7.08. The molecule has 4 nitrogen and oxygen atoms in total. The van der Waals surface area contributed by atoms with Crippen molar-refractivity contribution in [3.05, 3.63) is 29.8 Å². The molecule has 1 aromatic carbocycles. The van der Waals surface area contributed by atoms with Gasteiger partial charge in [0, 0.05) is 0 Å². The minimum absolute atomic E-state index is 0.178. The number of sulfonamides is 1. The van der Waals surface area contributed by atoms with E-state index in [1.165, 1.54) is 12.1 Å². The van der Waals surface area contributed by atoms with E-state index in [1.807, 2.05) is 33.8 Å². The Labute approximate surface area is 109 Å². The van der Waals surface area contributed by atoms with Gasteiger partial charge in [-0.1, -0.05) is 38.5 Å². The highest BCUT2D eigenvalue weighted by atomic mass is 32.2. The molecular formula is C13H18N2O2S. The van der Waals surface area contributed by atoms with Crippen LogP contribution >= 0.6 is 0 Å². The number of rotatable bonds is 3. The molecule has 1 aromatic rings. The van der Waals surface area contributed by atoms with Crippen molar-refractivity contribution in [3.8, 4) is 6.07 Å². The molecule has 0 fully saturated rings. The van der Waals surface area contributed by atoms with Crippen molar-refractivity contribution in [3.63, 3.8) is 0 Å². The van der Waals surface area contributed by atoms with Crippen LogP contribution in [0.4, 0.5) is 0 Å². The van der Waals surface area contributed by atoms with Gasteiger partial charge in [0.15, 0.2) is 0 Å². The number of aryl methyl sites for hydroxylation is 1. The number of hydrogen-bond acceptors (Lipinski definition) is 3. The molecule has 1 N–H and O–H groups in total. The van der Waals surface area contributed by atoms with E-state index in [1.54, 1.807) is 12.1 Å². The molecule has 1 atom stereocenters. The third-order valence-electron chi connectivity index (χ3n) is 2.60.